The van der Waals surface area contributed by atoms with Crippen molar-refractivity contribution in [3.05, 3.63) is 64.7 Å². The average molecular weight is 364 g/mol. The fourth-order valence-corrected chi connectivity index (χ4v) is 3.06. The van der Waals surface area contributed by atoms with Gasteiger partial charge in [-0.05, 0) is 35.9 Å². The Morgan fingerprint density at radius 3 is 2.72 bits per heavy atom. The molecule has 3 rings (SSSR count). The summed E-state index contributed by atoms with van der Waals surface area (Å²) in [6.45, 7) is 3.20. The number of hydrogen-bond donors (Lipinski definition) is 1. The van der Waals surface area contributed by atoms with Crippen molar-refractivity contribution in [1.29, 1.82) is 0 Å². The van der Waals surface area contributed by atoms with E-state index in [1.165, 1.54) is 18.2 Å². The maximum atomic E-state index is 13.9. The zero-order chi connectivity index (χ0) is 17.6. The molecule has 1 atom stereocenters. The van der Waals surface area contributed by atoms with Crippen LogP contribution in [0.15, 0.2) is 42.7 Å². The molecule has 1 fully saturated rings. The Labute approximate surface area is 150 Å². The standard InChI is InChI=1S/C18H19ClFN3O2/c19-14-1-2-16(20)15(11-14)18(24)22-12-17(13-3-5-21-6-4-13)23-7-9-25-10-8-23/h1-6,11,17H,7-10,12H2,(H,22,24)/t17-/m0/s1. The molecule has 7 heteroatoms. The van der Waals surface area contributed by atoms with Crippen LogP contribution in [0.2, 0.25) is 5.02 Å². The number of hydrogen-bond acceptors (Lipinski definition) is 4. The number of benzene rings is 1. The third kappa shape index (κ3) is 4.54. The van der Waals surface area contributed by atoms with E-state index < -0.39 is 11.7 Å². The highest BCUT2D eigenvalue weighted by atomic mass is 35.5. The summed E-state index contributed by atoms with van der Waals surface area (Å²) in [6.07, 6.45) is 3.45. The summed E-state index contributed by atoms with van der Waals surface area (Å²) in [5.41, 5.74) is 0.992. The molecule has 1 N–H and O–H groups in total. The minimum atomic E-state index is -0.589. The van der Waals surface area contributed by atoms with Crippen LogP contribution in [0.5, 0.6) is 0 Å². The Hall–Kier alpha value is -2.02. The number of carbonyl (C=O) groups excluding carboxylic acids is 1. The summed E-state index contributed by atoms with van der Waals surface area (Å²) in [4.78, 5) is 18.7. The first-order valence-electron chi connectivity index (χ1n) is 8.10. The minimum absolute atomic E-state index is 0.0295. The molecule has 1 aromatic heterocycles. The maximum absolute atomic E-state index is 13.9. The lowest BCUT2D eigenvalue weighted by Crippen LogP contribution is -2.43. The lowest BCUT2D eigenvalue weighted by molar-refractivity contribution is 0.0162. The van der Waals surface area contributed by atoms with Crippen molar-refractivity contribution in [2.45, 2.75) is 6.04 Å². The van der Waals surface area contributed by atoms with Crippen molar-refractivity contribution in [2.24, 2.45) is 0 Å². The Morgan fingerprint density at radius 1 is 1.28 bits per heavy atom. The summed E-state index contributed by atoms with van der Waals surface area (Å²) in [7, 11) is 0. The van der Waals surface area contributed by atoms with E-state index in [0.717, 1.165) is 18.7 Å². The van der Waals surface area contributed by atoms with Gasteiger partial charge in [-0.1, -0.05) is 11.6 Å². The van der Waals surface area contributed by atoms with E-state index in [2.05, 4.69) is 15.2 Å². The van der Waals surface area contributed by atoms with Gasteiger partial charge in [0.2, 0.25) is 0 Å². The number of amides is 1. The number of aromatic nitrogens is 1. The first-order valence-corrected chi connectivity index (χ1v) is 8.48. The van der Waals surface area contributed by atoms with Crippen LogP contribution in [0.3, 0.4) is 0 Å². The van der Waals surface area contributed by atoms with E-state index >= 15 is 0 Å². The van der Waals surface area contributed by atoms with Gasteiger partial charge in [-0.25, -0.2) is 4.39 Å². The van der Waals surface area contributed by atoms with Crippen LogP contribution in [-0.4, -0.2) is 48.6 Å². The van der Waals surface area contributed by atoms with Gasteiger partial charge in [0.05, 0.1) is 24.8 Å². The molecule has 1 aliphatic heterocycles. The number of pyridine rings is 1. The van der Waals surface area contributed by atoms with Crippen molar-refractivity contribution in [2.75, 3.05) is 32.8 Å². The fourth-order valence-electron chi connectivity index (χ4n) is 2.89. The molecule has 0 unspecified atom stereocenters. The molecule has 5 nitrogen and oxygen atoms in total. The molecule has 1 aromatic carbocycles. The van der Waals surface area contributed by atoms with E-state index in [0.29, 0.717) is 24.8 Å². The Bertz CT molecular complexity index is 724. The number of morpholine rings is 1. The van der Waals surface area contributed by atoms with Gasteiger partial charge >= 0.3 is 0 Å². The van der Waals surface area contributed by atoms with Gasteiger partial charge in [-0.3, -0.25) is 14.7 Å². The van der Waals surface area contributed by atoms with Crippen molar-refractivity contribution < 1.29 is 13.9 Å². The lowest BCUT2D eigenvalue weighted by atomic mass is 10.1. The summed E-state index contributed by atoms with van der Waals surface area (Å²) in [5.74, 6) is -1.07. The molecule has 0 radical (unpaired) electrons. The highest BCUT2D eigenvalue weighted by molar-refractivity contribution is 6.31. The van der Waals surface area contributed by atoms with Gasteiger partial charge in [0.1, 0.15) is 5.82 Å². The molecule has 0 bridgehead atoms. The highest BCUT2D eigenvalue weighted by Gasteiger charge is 2.24. The number of ether oxygens (including phenoxy) is 1. The van der Waals surface area contributed by atoms with Crippen molar-refractivity contribution >= 4 is 17.5 Å². The van der Waals surface area contributed by atoms with Gasteiger partial charge in [0.15, 0.2) is 0 Å². The highest BCUT2D eigenvalue weighted by Crippen LogP contribution is 2.21. The van der Waals surface area contributed by atoms with Crippen LogP contribution in [0.25, 0.3) is 0 Å². The fraction of sp³-hybridized carbons (Fsp3) is 0.333. The average Bonchev–Trinajstić information content (AvgIpc) is 2.65. The van der Waals surface area contributed by atoms with Gasteiger partial charge in [0.25, 0.3) is 5.91 Å². The van der Waals surface area contributed by atoms with Gasteiger partial charge in [-0.15, -0.1) is 0 Å². The Balaban J connectivity index is 1.74. The zero-order valence-corrected chi connectivity index (χ0v) is 14.4. The number of carbonyl (C=O) groups is 1. The van der Waals surface area contributed by atoms with E-state index in [1.807, 2.05) is 12.1 Å². The van der Waals surface area contributed by atoms with E-state index in [-0.39, 0.29) is 11.6 Å². The number of halogens is 2. The van der Waals surface area contributed by atoms with Gasteiger partial charge < -0.3 is 10.1 Å². The monoisotopic (exact) mass is 363 g/mol. The minimum Gasteiger partial charge on any atom is -0.379 e. The van der Waals surface area contributed by atoms with Gasteiger partial charge in [0, 0.05) is 37.1 Å². The Kier molecular flexibility index (Phi) is 5.96. The molecular weight excluding hydrogens is 345 g/mol. The van der Waals surface area contributed by atoms with E-state index in [9.17, 15) is 9.18 Å². The molecule has 2 aromatic rings. The smallest absolute Gasteiger partial charge is 0.254 e. The second-order valence-electron chi connectivity index (χ2n) is 5.78. The van der Waals surface area contributed by atoms with Crippen molar-refractivity contribution in [3.63, 3.8) is 0 Å². The zero-order valence-electron chi connectivity index (χ0n) is 13.6. The maximum Gasteiger partial charge on any atom is 0.254 e. The normalized spacial score (nSPS) is 16.4. The lowest BCUT2D eigenvalue weighted by Gasteiger charge is -2.34. The van der Waals surface area contributed by atoms with Crippen molar-refractivity contribution in [1.82, 2.24) is 15.2 Å². The Morgan fingerprint density at radius 2 is 2.00 bits per heavy atom. The molecule has 25 heavy (non-hydrogen) atoms. The third-order valence-corrected chi connectivity index (χ3v) is 4.44. The van der Waals surface area contributed by atoms with Crippen molar-refractivity contribution in [3.8, 4) is 0 Å². The molecule has 0 spiro atoms. The van der Waals surface area contributed by atoms with Crippen LogP contribution in [0, 0.1) is 5.82 Å². The van der Waals surface area contributed by atoms with Crippen LogP contribution in [0.1, 0.15) is 22.0 Å². The molecule has 2 heterocycles. The molecule has 0 aliphatic carbocycles. The molecule has 1 aliphatic rings. The van der Waals surface area contributed by atoms with E-state index in [4.69, 9.17) is 16.3 Å². The number of nitrogens with zero attached hydrogens (tertiary/aromatic N) is 2. The van der Waals surface area contributed by atoms with Crippen LogP contribution >= 0.6 is 11.6 Å². The second-order valence-corrected chi connectivity index (χ2v) is 6.22. The molecule has 1 amide bonds. The number of rotatable bonds is 5. The summed E-state index contributed by atoms with van der Waals surface area (Å²) < 4.78 is 19.3. The SMILES string of the molecule is O=C(NC[C@@H](c1ccncc1)N1CCOCC1)c1cc(Cl)ccc1F. The summed E-state index contributed by atoms with van der Waals surface area (Å²) >= 11 is 5.87. The largest absolute Gasteiger partial charge is 0.379 e. The summed E-state index contributed by atoms with van der Waals surface area (Å²) in [6, 6.07) is 7.76. The predicted molar refractivity (Wildman–Crippen MR) is 93.1 cm³/mol. The summed E-state index contributed by atoms with van der Waals surface area (Å²) in [5, 5.41) is 3.15. The van der Waals surface area contributed by atoms with Crippen LogP contribution < -0.4 is 5.32 Å². The predicted octanol–water partition coefficient (Wildman–Crippen LogP) is 2.68. The third-order valence-electron chi connectivity index (χ3n) is 4.21. The quantitative estimate of drug-likeness (QED) is 0.887. The molecule has 1 saturated heterocycles. The van der Waals surface area contributed by atoms with E-state index in [1.54, 1.807) is 12.4 Å². The first kappa shape index (κ1) is 17.8. The first-order chi connectivity index (χ1) is 12.1. The molecule has 0 saturated carbocycles. The number of nitrogens with one attached hydrogen (secondary N) is 1. The molecular formula is C18H19ClFN3O2. The topological polar surface area (TPSA) is 54.5 Å². The van der Waals surface area contributed by atoms with Crippen LogP contribution in [0.4, 0.5) is 4.39 Å². The van der Waals surface area contributed by atoms with Gasteiger partial charge in [-0.2, -0.15) is 0 Å². The van der Waals surface area contributed by atoms with Crippen LogP contribution in [-0.2, 0) is 4.74 Å². The second kappa shape index (κ2) is 8.38. The molecule has 132 valence electrons.